The molecule has 0 fully saturated rings. The van der Waals surface area contributed by atoms with Crippen molar-refractivity contribution >= 4 is 40.0 Å². The number of carbonyl (C=O) groups excluding carboxylic acids is 2. The quantitative estimate of drug-likeness (QED) is 0.234. The predicted molar refractivity (Wildman–Crippen MR) is 119 cm³/mol. The zero-order valence-corrected chi connectivity index (χ0v) is 18.8. The van der Waals surface area contributed by atoms with Crippen molar-refractivity contribution in [1.29, 1.82) is 5.26 Å². The standard InChI is InChI=1S/C23H20BrNO6/c1-4-30-23(27)17(14-25)10-15-6-5-7-18(11-15)31-21(26)9-8-16-12-19(24)22(29-3)20(13-16)28-2/h5-13H,4H2,1-3H3/b9-8+,17-10+. The monoisotopic (exact) mass is 485 g/mol. The molecule has 2 aromatic rings. The average molecular weight is 486 g/mol. The third-order valence-corrected chi connectivity index (χ3v) is 4.46. The second-order valence-corrected chi connectivity index (χ2v) is 6.81. The highest BCUT2D eigenvalue weighted by atomic mass is 79.9. The molecule has 0 amide bonds. The predicted octanol–water partition coefficient (Wildman–Crippen LogP) is 4.56. The van der Waals surface area contributed by atoms with Crippen molar-refractivity contribution < 1.29 is 28.5 Å². The molecule has 31 heavy (non-hydrogen) atoms. The van der Waals surface area contributed by atoms with Gasteiger partial charge < -0.3 is 18.9 Å². The number of carbonyl (C=O) groups is 2. The molecular weight excluding hydrogens is 466 g/mol. The normalized spacial score (nSPS) is 11.0. The van der Waals surface area contributed by atoms with Gasteiger partial charge in [-0.3, -0.25) is 0 Å². The lowest BCUT2D eigenvalue weighted by atomic mass is 10.1. The van der Waals surface area contributed by atoms with Crippen molar-refractivity contribution in [3.8, 4) is 23.3 Å². The van der Waals surface area contributed by atoms with Crippen LogP contribution in [-0.2, 0) is 14.3 Å². The molecule has 0 aliphatic rings. The summed E-state index contributed by atoms with van der Waals surface area (Å²) in [6.07, 6.45) is 4.22. The van der Waals surface area contributed by atoms with Crippen molar-refractivity contribution in [1.82, 2.24) is 0 Å². The molecular formula is C23H20BrNO6. The molecule has 0 aromatic heterocycles. The fraction of sp³-hybridized carbons (Fsp3) is 0.174. The van der Waals surface area contributed by atoms with Gasteiger partial charge in [0.2, 0.25) is 0 Å². The number of methoxy groups -OCH3 is 2. The summed E-state index contributed by atoms with van der Waals surface area (Å²) < 4.78 is 21.4. The number of benzene rings is 2. The molecule has 0 radical (unpaired) electrons. The minimum absolute atomic E-state index is 0.149. The highest BCUT2D eigenvalue weighted by Crippen LogP contribution is 2.36. The van der Waals surface area contributed by atoms with Gasteiger partial charge in [-0.25, -0.2) is 9.59 Å². The first-order valence-electron chi connectivity index (χ1n) is 9.12. The molecule has 8 heteroatoms. The topological polar surface area (TPSA) is 94.9 Å². The number of hydrogen-bond acceptors (Lipinski definition) is 7. The maximum Gasteiger partial charge on any atom is 0.348 e. The van der Waals surface area contributed by atoms with Crippen LogP contribution in [0.5, 0.6) is 17.2 Å². The van der Waals surface area contributed by atoms with Gasteiger partial charge in [0, 0.05) is 6.08 Å². The van der Waals surface area contributed by atoms with E-state index in [4.69, 9.17) is 24.2 Å². The number of nitrogens with zero attached hydrogens (tertiary/aromatic N) is 1. The van der Waals surface area contributed by atoms with Crippen molar-refractivity contribution in [2.75, 3.05) is 20.8 Å². The van der Waals surface area contributed by atoms with Gasteiger partial charge in [0.05, 0.1) is 25.3 Å². The third-order valence-electron chi connectivity index (χ3n) is 3.87. The minimum Gasteiger partial charge on any atom is -0.493 e. The molecule has 0 heterocycles. The van der Waals surface area contributed by atoms with E-state index in [0.29, 0.717) is 27.1 Å². The van der Waals surface area contributed by atoms with Crippen LogP contribution in [0.2, 0.25) is 0 Å². The van der Waals surface area contributed by atoms with Crippen molar-refractivity contribution in [2.24, 2.45) is 0 Å². The van der Waals surface area contributed by atoms with Crippen LogP contribution in [-0.4, -0.2) is 32.8 Å². The Bertz CT molecular complexity index is 1070. The lowest BCUT2D eigenvalue weighted by Gasteiger charge is -2.10. The smallest absolute Gasteiger partial charge is 0.348 e. The molecule has 0 N–H and O–H groups in total. The summed E-state index contributed by atoms with van der Waals surface area (Å²) in [7, 11) is 3.05. The fourth-order valence-corrected chi connectivity index (χ4v) is 3.15. The Morgan fingerprint density at radius 2 is 1.90 bits per heavy atom. The van der Waals surface area contributed by atoms with Crippen molar-refractivity contribution in [2.45, 2.75) is 6.92 Å². The van der Waals surface area contributed by atoms with Crippen LogP contribution in [0.15, 0.2) is 52.5 Å². The third kappa shape index (κ3) is 6.73. The molecule has 0 atom stereocenters. The number of esters is 2. The summed E-state index contributed by atoms with van der Waals surface area (Å²) >= 11 is 3.40. The maximum absolute atomic E-state index is 12.2. The first-order chi connectivity index (χ1) is 14.9. The Morgan fingerprint density at radius 3 is 2.55 bits per heavy atom. The van der Waals surface area contributed by atoms with E-state index >= 15 is 0 Å². The van der Waals surface area contributed by atoms with E-state index < -0.39 is 11.9 Å². The molecule has 160 valence electrons. The van der Waals surface area contributed by atoms with E-state index in [0.717, 1.165) is 0 Å². The highest BCUT2D eigenvalue weighted by Gasteiger charge is 2.11. The zero-order chi connectivity index (χ0) is 22.8. The van der Waals surface area contributed by atoms with E-state index in [1.807, 2.05) is 0 Å². The van der Waals surface area contributed by atoms with Gasteiger partial charge in [-0.2, -0.15) is 5.26 Å². The van der Waals surface area contributed by atoms with Crippen LogP contribution in [0.4, 0.5) is 0 Å². The summed E-state index contributed by atoms with van der Waals surface area (Å²) in [6.45, 7) is 1.82. The Morgan fingerprint density at radius 1 is 1.13 bits per heavy atom. The first kappa shape index (κ1) is 23.7. The van der Waals surface area contributed by atoms with E-state index in [1.165, 1.54) is 32.4 Å². The molecule has 0 saturated carbocycles. The molecule has 0 aliphatic carbocycles. The van der Waals surface area contributed by atoms with Crippen LogP contribution < -0.4 is 14.2 Å². The minimum atomic E-state index is -0.712. The number of nitriles is 1. The summed E-state index contributed by atoms with van der Waals surface area (Å²) in [5, 5.41) is 9.13. The van der Waals surface area contributed by atoms with Crippen LogP contribution >= 0.6 is 15.9 Å². The Balaban J connectivity index is 2.15. The molecule has 0 unspecified atom stereocenters. The Labute approximate surface area is 188 Å². The van der Waals surface area contributed by atoms with Gasteiger partial charge in [0.25, 0.3) is 0 Å². The van der Waals surface area contributed by atoms with Gasteiger partial charge in [-0.05, 0) is 70.4 Å². The van der Waals surface area contributed by atoms with Gasteiger partial charge in [-0.1, -0.05) is 12.1 Å². The van der Waals surface area contributed by atoms with Gasteiger partial charge in [0.15, 0.2) is 11.5 Å². The number of ether oxygens (including phenoxy) is 4. The molecule has 2 aromatic carbocycles. The summed E-state index contributed by atoms with van der Waals surface area (Å²) in [4.78, 5) is 24.0. The van der Waals surface area contributed by atoms with Crippen molar-refractivity contribution in [3.63, 3.8) is 0 Å². The van der Waals surface area contributed by atoms with Gasteiger partial charge in [0.1, 0.15) is 17.4 Å². The second-order valence-electron chi connectivity index (χ2n) is 5.96. The van der Waals surface area contributed by atoms with E-state index in [9.17, 15) is 9.59 Å². The first-order valence-corrected chi connectivity index (χ1v) is 9.91. The molecule has 0 spiro atoms. The molecule has 0 bridgehead atoms. The largest absolute Gasteiger partial charge is 0.493 e. The van der Waals surface area contributed by atoms with Crippen LogP contribution in [0.1, 0.15) is 18.1 Å². The summed E-state index contributed by atoms with van der Waals surface area (Å²) in [5.74, 6) is 0.0123. The van der Waals surface area contributed by atoms with Crippen LogP contribution in [0.25, 0.3) is 12.2 Å². The second kappa shape index (κ2) is 11.6. The number of hydrogen-bond donors (Lipinski definition) is 0. The van der Waals surface area contributed by atoms with Crippen LogP contribution in [0.3, 0.4) is 0 Å². The molecule has 2 rings (SSSR count). The zero-order valence-electron chi connectivity index (χ0n) is 17.2. The van der Waals surface area contributed by atoms with Crippen molar-refractivity contribution in [3.05, 3.63) is 63.6 Å². The highest BCUT2D eigenvalue weighted by molar-refractivity contribution is 9.10. The van der Waals surface area contributed by atoms with Crippen LogP contribution in [0, 0.1) is 11.3 Å². The Kier molecular flexibility index (Phi) is 8.85. The molecule has 0 aliphatic heterocycles. The van der Waals surface area contributed by atoms with E-state index in [2.05, 4.69) is 15.9 Å². The maximum atomic E-state index is 12.2. The molecule has 0 saturated heterocycles. The summed E-state index contributed by atoms with van der Waals surface area (Å²) in [5.41, 5.74) is 1.07. The lowest BCUT2D eigenvalue weighted by molar-refractivity contribution is -0.138. The van der Waals surface area contributed by atoms with Gasteiger partial charge in [-0.15, -0.1) is 0 Å². The van der Waals surface area contributed by atoms with Gasteiger partial charge >= 0.3 is 11.9 Å². The van der Waals surface area contributed by atoms with E-state index in [1.54, 1.807) is 49.4 Å². The molecule has 7 nitrogen and oxygen atoms in total. The fourth-order valence-electron chi connectivity index (χ4n) is 2.53. The number of halogens is 1. The SMILES string of the molecule is CCOC(=O)/C(C#N)=C/c1cccc(OC(=O)/C=C/c2cc(Br)c(OC)c(OC)c2)c1. The number of rotatable bonds is 8. The summed E-state index contributed by atoms with van der Waals surface area (Å²) in [6, 6.07) is 11.7. The lowest BCUT2D eigenvalue weighted by Crippen LogP contribution is -2.06. The van der Waals surface area contributed by atoms with E-state index in [-0.39, 0.29) is 17.9 Å². The Hall–Kier alpha value is -3.57. The average Bonchev–Trinajstić information content (AvgIpc) is 2.76.